The number of ether oxygens (including phenoxy) is 1. The van der Waals surface area contributed by atoms with Crippen LogP contribution in [0.5, 0.6) is 5.75 Å². The molecule has 0 bridgehead atoms. The number of aromatic nitrogens is 1. The Morgan fingerprint density at radius 3 is 2.27 bits per heavy atom. The first kappa shape index (κ1) is 22.1. The minimum Gasteiger partial charge on any atom is -0.492 e. The molecule has 11 heteroatoms. The fourth-order valence-corrected chi connectivity index (χ4v) is 5.16. The fraction of sp³-hybridized carbons (Fsp3) is 0.211. The topological polar surface area (TPSA) is 114 Å². The number of rotatable bonds is 10. The van der Waals surface area contributed by atoms with Crippen LogP contribution in [-0.4, -0.2) is 34.2 Å². The molecule has 1 heterocycles. The van der Waals surface area contributed by atoms with Gasteiger partial charge >= 0.3 is 0 Å². The van der Waals surface area contributed by atoms with Crippen molar-refractivity contribution >= 4 is 42.2 Å². The summed E-state index contributed by atoms with van der Waals surface area (Å²) in [6, 6.07) is 12.9. The Labute approximate surface area is 180 Å². The van der Waals surface area contributed by atoms with Gasteiger partial charge in [0.2, 0.25) is 10.0 Å². The number of nitrogens with zero attached hydrogens (tertiary/aromatic N) is 1. The van der Waals surface area contributed by atoms with Crippen molar-refractivity contribution < 1.29 is 21.6 Å². The maximum atomic E-state index is 12.3. The lowest BCUT2D eigenvalue weighted by molar-refractivity contribution is 0.341. The lowest BCUT2D eigenvalue weighted by Crippen LogP contribution is -2.21. The zero-order valence-electron chi connectivity index (χ0n) is 16.1. The van der Waals surface area contributed by atoms with Gasteiger partial charge in [0, 0.05) is 17.3 Å². The predicted molar refractivity (Wildman–Crippen MR) is 118 cm³/mol. The first-order chi connectivity index (χ1) is 14.3. The van der Waals surface area contributed by atoms with Gasteiger partial charge < -0.3 is 4.74 Å². The molecule has 1 aromatic heterocycles. The number of sulfonamides is 2. The number of aryl methyl sites for hydroxylation is 1. The summed E-state index contributed by atoms with van der Waals surface area (Å²) in [6.45, 7) is 2.04. The molecule has 3 aromatic rings. The van der Waals surface area contributed by atoms with Crippen LogP contribution < -0.4 is 14.2 Å². The summed E-state index contributed by atoms with van der Waals surface area (Å²) < 4.78 is 59.4. The zero-order valence-corrected chi connectivity index (χ0v) is 18.6. The smallest absolute Gasteiger partial charge is 0.263 e. The average molecular weight is 468 g/mol. The third-order valence-corrected chi connectivity index (χ3v) is 7.47. The second-order valence-corrected chi connectivity index (χ2v) is 10.7. The van der Waals surface area contributed by atoms with Gasteiger partial charge in [0.25, 0.3) is 10.0 Å². The largest absolute Gasteiger partial charge is 0.492 e. The lowest BCUT2D eigenvalue weighted by Gasteiger charge is -2.10. The van der Waals surface area contributed by atoms with Crippen molar-refractivity contribution in [2.24, 2.45) is 0 Å². The van der Waals surface area contributed by atoms with Crippen molar-refractivity contribution in [3.05, 3.63) is 65.7 Å². The summed E-state index contributed by atoms with van der Waals surface area (Å²) in [4.78, 5) is 3.88. The quantitative estimate of drug-likeness (QED) is 0.473. The van der Waals surface area contributed by atoms with E-state index in [1.54, 1.807) is 17.5 Å². The summed E-state index contributed by atoms with van der Waals surface area (Å²) in [5.41, 5.74) is 1.43. The van der Waals surface area contributed by atoms with Gasteiger partial charge in [-0.15, -0.1) is 11.3 Å². The Hall–Kier alpha value is -2.63. The molecular formula is C19H21N3O5S3. The monoisotopic (exact) mass is 467 g/mol. The Morgan fingerprint density at radius 1 is 0.967 bits per heavy atom. The van der Waals surface area contributed by atoms with Crippen molar-refractivity contribution in [1.29, 1.82) is 0 Å². The molecule has 0 radical (unpaired) electrons. The van der Waals surface area contributed by atoms with Crippen molar-refractivity contribution in [3.63, 3.8) is 0 Å². The van der Waals surface area contributed by atoms with Gasteiger partial charge in [0.05, 0.1) is 4.90 Å². The van der Waals surface area contributed by atoms with E-state index in [1.165, 1.54) is 36.0 Å². The molecule has 2 aromatic carbocycles. The maximum absolute atomic E-state index is 12.3. The normalized spacial score (nSPS) is 11.8. The minimum atomic E-state index is -3.79. The van der Waals surface area contributed by atoms with Crippen LogP contribution >= 0.6 is 11.3 Å². The summed E-state index contributed by atoms with van der Waals surface area (Å²) in [6.07, 6.45) is 2.41. The van der Waals surface area contributed by atoms with E-state index in [4.69, 9.17) is 4.74 Å². The highest BCUT2D eigenvalue weighted by atomic mass is 32.2. The van der Waals surface area contributed by atoms with E-state index in [2.05, 4.69) is 14.4 Å². The van der Waals surface area contributed by atoms with Gasteiger partial charge in [-0.1, -0.05) is 19.1 Å². The van der Waals surface area contributed by atoms with Crippen LogP contribution in [0.25, 0.3) is 0 Å². The van der Waals surface area contributed by atoms with Crippen molar-refractivity contribution in [1.82, 2.24) is 4.98 Å². The average Bonchev–Trinajstić information content (AvgIpc) is 3.21. The van der Waals surface area contributed by atoms with E-state index < -0.39 is 20.0 Å². The van der Waals surface area contributed by atoms with Gasteiger partial charge in [0.1, 0.15) is 18.1 Å². The molecule has 0 atom stereocenters. The van der Waals surface area contributed by atoms with Gasteiger partial charge in [-0.2, -0.15) is 0 Å². The van der Waals surface area contributed by atoms with Crippen LogP contribution in [0.3, 0.4) is 0 Å². The third kappa shape index (κ3) is 6.18. The minimum absolute atomic E-state index is 0.000456. The molecule has 0 aliphatic heterocycles. The number of hydrogen-bond donors (Lipinski definition) is 2. The van der Waals surface area contributed by atoms with Gasteiger partial charge in [0.15, 0.2) is 5.13 Å². The number of nitrogens with one attached hydrogen (secondary N) is 2. The molecule has 30 heavy (non-hydrogen) atoms. The molecule has 0 amide bonds. The van der Waals surface area contributed by atoms with Crippen LogP contribution in [0.4, 0.5) is 10.8 Å². The van der Waals surface area contributed by atoms with E-state index in [9.17, 15) is 16.8 Å². The highest BCUT2D eigenvalue weighted by Crippen LogP contribution is 2.20. The van der Waals surface area contributed by atoms with Crippen molar-refractivity contribution in [3.8, 4) is 5.75 Å². The second-order valence-electron chi connectivity index (χ2n) is 6.23. The van der Waals surface area contributed by atoms with Crippen LogP contribution in [0.15, 0.2) is 65.0 Å². The SMILES string of the molecule is CCc1ccc(OCCS(=O)(=O)Nc2ccc(S(=O)(=O)Nc3nccs3)cc2)cc1. The molecule has 0 fully saturated rings. The van der Waals surface area contributed by atoms with Gasteiger partial charge in [-0.05, 0) is 48.4 Å². The number of hydrogen-bond acceptors (Lipinski definition) is 7. The molecule has 3 rings (SSSR count). The standard InChI is InChI=1S/C19H21N3O5S3/c1-2-15-3-7-17(8-4-15)27-12-14-29(23,24)21-16-5-9-18(10-6-16)30(25,26)22-19-20-11-13-28-19/h3-11,13,21H,2,12,14H2,1H3,(H,20,22). The lowest BCUT2D eigenvalue weighted by atomic mass is 10.2. The van der Waals surface area contributed by atoms with Gasteiger partial charge in [-0.3, -0.25) is 9.44 Å². The van der Waals surface area contributed by atoms with E-state index in [0.717, 1.165) is 17.8 Å². The Bertz CT molecular complexity index is 1160. The first-order valence-electron chi connectivity index (χ1n) is 9.02. The second kappa shape index (κ2) is 9.45. The Balaban J connectivity index is 1.55. The highest BCUT2D eigenvalue weighted by Gasteiger charge is 2.16. The molecule has 0 saturated carbocycles. The van der Waals surface area contributed by atoms with E-state index in [0.29, 0.717) is 5.75 Å². The van der Waals surface area contributed by atoms with Crippen molar-refractivity contribution in [2.75, 3.05) is 21.8 Å². The van der Waals surface area contributed by atoms with E-state index in [-0.39, 0.29) is 28.1 Å². The molecule has 0 unspecified atom stereocenters. The summed E-state index contributed by atoms with van der Waals surface area (Å²) in [7, 11) is -7.45. The summed E-state index contributed by atoms with van der Waals surface area (Å²) in [5, 5.41) is 1.91. The van der Waals surface area contributed by atoms with Crippen LogP contribution in [0.2, 0.25) is 0 Å². The van der Waals surface area contributed by atoms with Crippen LogP contribution in [0.1, 0.15) is 12.5 Å². The molecule has 0 saturated heterocycles. The van der Waals surface area contributed by atoms with Crippen LogP contribution in [0, 0.1) is 0 Å². The number of anilines is 2. The summed E-state index contributed by atoms with van der Waals surface area (Å²) >= 11 is 1.16. The van der Waals surface area contributed by atoms with E-state index >= 15 is 0 Å². The Kier molecular flexibility index (Phi) is 6.95. The molecular weight excluding hydrogens is 446 g/mol. The van der Waals surface area contributed by atoms with E-state index in [1.807, 2.05) is 19.1 Å². The molecule has 0 spiro atoms. The van der Waals surface area contributed by atoms with Crippen LogP contribution in [-0.2, 0) is 26.5 Å². The molecule has 0 aliphatic carbocycles. The predicted octanol–water partition coefficient (Wildman–Crippen LogP) is 3.33. The molecule has 0 aliphatic rings. The zero-order chi connectivity index (χ0) is 21.6. The highest BCUT2D eigenvalue weighted by molar-refractivity contribution is 7.93. The third-order valence-electron chi connectivity index (χ3n) is 4.04. The number of thiazole rings is 1. The van der Waals surface area contributed by atoms with Crippen molar-refractivity contribution in [2.45, 2.75) is 18.2 Å². The van der Waals surface area contributed by atoms with Gasteiger partial charge in [-0.25, -0.2) is 21.8 Å². The molecule has 8 nitrogen and oxygen atoms in total. The Morgan fingerprint density at radius 2 is 1.67 bits per heavy atom. The summed E-state index contributed by atoms with van der Waals surface area (Å²) in [5.74, 6) is 0.360. The number of benzene rings is 2. The first-order valence-corrected chi connectivity index (χ1v) is 13.0. The maximum Gasteiger partial charge on any atom is 0.263 e. The molecule has 160 valence electrons. The fourth-order valence-electron chi connectivity index (χ4n) is 2.47. The molecule has 2 N–H and O–H groups in total.